The average molecular weight is 245 g/mol. The Morgan fingerprint density at radius 1 is 1.33 bits per heavy atom. The van der Waals surface area contributed by atoms with Crippen molar-refractivity contribution in [2.45, 2.75) is 25.8 Å². The second kappa shape index (κ2) is 6.31. The van der Waals surface area contributed by atoms with E-state index in [1.165, 1.54) is 0 Å². The molecule has 0 spiro atoms. The maximum Gasteiger partial charge on any atom is 0.147 e. The van der Waals surface area contributed by atoms with Crippen LogP contribution in [-0.4, -0.2) is 47.1 Å². The fourth-order valence-corrected chi connectivity index (χ4v) is 2.32. The van der Waals surface area contributed by atoms with Crippen molar-refractivity contribution in [1.29, 1.82) is 5.26 Å². The van der Waals surface area contributed by atoms with Gasteiger partial charge in [-0.15, -0.1) is 0 Å². The number of hydrogen-bond acceptors (Lipinski definition) is 5. The molecule has 0 saturated carbocycles. The van der Waals surface area contributed by atoms with E-state index >= 15 is 0 Å². The normalized spacial score (nSPS) is 18.3. The minimum Gasteiger partial charge on any atom is -0.353 e. The van der Waals surface area contributed by atoms with Crippen LogP contribution in [0.3, 0.4) is 0 Å². The predicted octanol–water partition coefficient (Wildman–Crippen LogP) is 1.29. The van der Waals surface area contributed by atoms with E-state index in [1.54, 1.807) is 18.6 Å². The van der Waals surface area contributed by atoms with Crippen molar-refractivity contribution in [3.05, 3.63) is 18.6 Å². The summed E-state index contributed by atoms with van der Waals surface area (Å²) in [5.74, 6) is 0.932. The molecule has 1 aliphatic heterocycles. The predicted molar refractivity (Wildman–Crippen MR) is 70.1 cm³/mol. The van der Waals surface area contributed by atoms with Crippen LogP contribution in [0.25, 0.3) is 0 Å². The Balaban J connectivity index is 1.90. The van der Waals surface area contributed by atoms with E-state index in [0.717, 1.165) is 44.8 Å². The van der Waals surface area contributed by atoms with Gasteiger partial charge in [-0.2, -0.15) is 5.26 Å². The smallest absolute Gasteiger partial charge is 0.147 e. The first kappa shape index (κ1) is 12.8. The maximum atomic E-state index is 9.16. The minimum absolute atomic E-state index is 0.0685. The van der Waals surface area contributed by atoms with Gasteiger partial charge in [0.15, 0.2) is 0 Å². The number of piperazine rings is 1. The monoisotopic (exact) mass is 245 g/mol. The van der Waals surface area contributed by atoms with E-state index in [0.29, 0.717) is 0 Å². The van der Waals surface area contributed by atoms with Crippen LogP contribution >= 0.6 is 0 Å². The number of anilines is 1. The van der Waals surface area contributed by atoms with E-state index in [2.05, 4.69) is 32.8 Å². The lowest BCUT2D eigenvalue weighted by Crippen LogP contribution is -2.50. The summed E-state index contributed by atoms with van der Waals surface area (Å²) >= 11 is 0. The molecule has 1 fully saturated rings. The molecule has 1 aliphatic rings. The Bertz CT molecular complexity index is 392. The molecule has 0 bridgehead atoms. The lowest BCUT2D eigenvalue weighted by atomic mass is 10.1. The van der Waals surface area contributed by atoms with Gasteiger partial charge in [0.2, 0.25) is 0 Å². The molecule has 1 atom stereocenters. The van der Waals surface area contributed by atoms with E-state index in [4.69, 9.17) is 5.26 Å². The molecule has 1 unspecified atom stereocenters. The molecule has 2 heterocycles. The molecule has 5 nitrogen and oxygen atoms in total. The summed E-state index contributed by atoms with van der Waals surface area (Å²) in [5.41, 5.74) is 0. The lowest BCUT2D eigenvalue weighted by Gasteiger charge is -2.37. The van der Waals surface area contributed by atoms with E-state index < -0.39 is 0 Å². The zero-order valence-corrected chi connectivity index (χ0v) is 10.8. The van der Waals surface area contributed by atoms with Crippen molar-refractivity contribution >= 4 is 5.82 Å². The molecule has 0 amide bonds. The lowest BCUT2D eigenvalue weighted by molar-refractivity contribution is 0.211. The first-order chi connectivity index (χ1) is 8.85. The summed E-state index contributed by atoms with van der Waals surface area (Å²) < 4.78 is 0. The molecule has 96 valence electrons. The quantitative estimate of drug-likeness (QED) is 0.800. The summed E-state index contributed by atoms with van der Waals surface area (Å²) in [6.45, 7) is 5.81. The van der Waals surface area contributed by atoms with Gasteiger partial charge in [0.05, 0.1) is 18.3 Å². The second-order valence-electron chi connectivity index (χ2n) is 4.52. The van der Waals surface area contributed by atoms with Crippen molar-refractivity contribution in [2.24, 2.45) is 0 Å². The first-order valence-corrected chi connectivity index (χ1v) is 6.49. The molecule has 0 aliphatic carbocycles. The fraction of sp³-hybridized carbons (Fsp3) is 0.615. The highest BCUT2D eigenvalue weighted by atomic mass is 15.3. The third kappa shape index (κ3) is 2.96. The zero-order valence-electron chi connectivity index (χ0n) is 10.8. The average Bonchev–Trinajstić information content (AvgIpc) is 2.46. The highest BCUT2D eigenvalue weighted by molar-refractivity contribution is 5.35. The van der Waals surface area contributed by atoms with Gasteiger partial charge in [-0.25, -0.2) is 4.98 Å². The first-order valence-electron chi connectivity index (χ1n) is 6.49. The van der Waals surface area contributed by atoms with Crippen molar-refractivity contribution in [3.8, 4) is 6.07 Å². The van der Waals surface area contributed by atoms with Gasteiger partial charge in [0.1, 0.15) is 5.82 Å². The second-order valence-corrected chi connectivity index (χ2v) is 4.52. The summed E-state index contributed by atoms with van der Waals surface area (Å²) in [6.07, 6.45) is 7.22. The summed E-state index contributed by atoms with van der Waals surface area (Å²) in [6, 6.07) is 2.48. The fourth-order valence-electron chi connectivity index (χ4n) is 2.32. The van der Waals surface area contributed by atoms with Gasteiger partial charge >= 0.3 is 0 Å². The zero-order chi connectivity index (χ0) is 12.8. The standard InChI is InChI=1S/C13H19N5/c1-2-3-12(10-14)17-6-8-18(9-7-17)13-11-15-4-5-16-13/h4-5,11-12H,2-3,6-9H2,1H3. The van der Waals surface area contributed by atoms with Crippen molar-refractivity contribution in [1.82, 2.24) is 14.9 Å². The van der Waals surface area contributed by atoms with E-state index in [9.17, 15) is 0 Å². The molecule has 18 heavy (non-hydrogen) atoms. The van der Waals surface area contributed by atoms with Gasteiger partial charge in [0, 0.05) is 38.6 Å². The van der Waals surface area contributed by atoms with Crippen LogP contribution in [0, 0.1) is 11.3 Å². The van der Waals surface area contributed by atoms with Crippen LogP contribution < -0.4 is 4.90 Å². The Labute approximate surface area is 108 Å². The Hall–Kier alpha value is -1.67. The SMILES string of the molecule is CCCC(C#N)N1CCN(c2cnccn2)CC1. The Morgan fingerprint density at radius 2 is 2.11 bits per heavy atom. The van der Waals surface area contributed by atoms with Crippen molar-refractivity contribution in [2.75, 3.05) is 31.1 Å². The minimum atomic E-state index is 0.0685. The van der Waals surface area contributed by atoms with Gasteiger partial charge in [-0.05, 0) is 6.42 Å². The van der Waals surface area contributed by atoms with Gasteiger partial charge in [-0.3, -0.25) is 9.88 Å². The molecule has 1 aromatic rings. The molecule has 1 saturated heterocycles. The van der Waals surface area contributed by atoms with Crippen LogP contribution in [-0.2, 0) is 0 Å². The van der Waals surface area contributed by atoms with Crippen molar-refractivity contribution < 1.29 is 0 Å². The molecular formula is C13H19N5. The molecule has 5 heteroatoms. The molecule has 2 rings (SSSR count). The van der Waals surface area contributed by atoms with Crippen LogP contribution in [0.1, 0.15) is 19.8 Å². The molecule has 0 radical (unpaired) electrons. The van der Waals surface area contributed by atoms with Gasteiger partial charge in [-0.1, -0.05) is 13.3 Å². The van der Waals surface area contributed by atoms with Gasteiger partial charge < -0.3 is 4.90 Å². The third-order valence-electron chi connectivity index (χ3n) is 3.34. The van der Waals surface area contributed by atoms with E-state index in [1.807, 2.05) is 0 Å². The third-order valence-corrected chi connectivity index (χ3v) is 3.34. The topological polar surface area (TPSA) is 56.1 Å². The highest BCUT2D eigenvalue weighted by Crippen LogP contribution is 2.14. The number of nitrogens with zero attached hydrogens (tertiary/aromatic N) is 5. The maximum absolute atomic E-state index is 9.16. The number of aromatic nitrogens is 2. The molecule has 0 aromatic carbocycles. The summed E-state index contributed by atoms with van der Waals surface area (Å²) in [7, 11) is 0. The molecule has 0 N–H and O–H groups in total. The largest absolute Gasteiger partial charge is 0.353 e. The van der Waals surface area contributed by atoms with Crippen LogP contribution in [0.5, 0.6) is 0 Å². The number of rotatable bonds is 4. The molecule has 1 aromatic heterocycles. The van der Waals surface area contributed by atoms with Crippen molar-refractivity contribution in [3.63, 3.8) is 0 Å². The highest BCUT2D eigenvalue weighted by Gasteiger charge is 2.23. The summed E-state index contributed by atoms with van der Waals surface area (Å²) in [5, 5.41) is 9.16. The number of nitriles is 1. The Morgan fingerprint density at radius 3 is 2.67 bits per heavy atom. The Kier molecular flexibility index (Phi) is 4.48. The van der Waals surface area contributed by atoms with Gasteiger partial charge in [0.25, 0.3) is 0 Å². The summed E-state index contributed by atoms with van der Waals surface area (Å²) in [4.78, 5) is 12.9. The number of hydrogen-bond donors (Lipinski definition) is 0. The van der Waals surface area contributed by atoms with Crippen LogP contribution in [0.4, 0.5) is 5.82 Å². The van der Waals surface area contributed by atoms with Crippen LogP contribution in [0.2, 0.25) is 0 Å². The van der Waals surface area contributed by atoms with E-state index in [-0.39, 0.29) is 6.04 Å². The van der Waals surface area contributed by atoms with Crippen LogP contribution in [0.15, 0.2) is 18.6 Å². The molecular weight excluding hydrogens is 226 g/mol.